The van der Waals surface area contributed by atoms with E-state index in [-0.39, 0.29) is 24.2 Å². The number of ether oxygens (including phenoxy) is 2. The quantitative estimate of drug-likeness (QED) is 0.337. The molecule has 1 aliphatic heterocycles. The van der Waals surface area contributed by atoms with Gasteiger partial charge in [0.25, 0.3) is 0 Å². The van der Waals surface area contributed by atoms with Gasteiger partial charge in [-0.25, -0.2) is 23.3 Å². The molecule has 10 nitrogen and oxygen atoms in total. The number of carbonyl (C=O) groups is 2. The van der Waals surface area contributed by atoms with E-state index in [0.717, 1.165) is 5.56 Å². The third-order valence-electron chi connectivity index (χ3n) is 6.40. The number of hydrogen-bond acceptors (Lipinski definition) is 10. The number of primary sulfonamides is 1. The molecule has 0 aliphatic carbocycles. The van der Waals surface area contributed by atoms with Gasteiger partial charge in [-0.15, -0.1) is 11.3 Å². The maximum atomic E-state index is 13.6. The third-order valence-corrected chi connectivity index (χ3v) is 8.03. The maximum Gasteiger partial charge on any atom is 0.337 e. The summed E-state index contributed by atoms with van der Waals surface area (Å²) in [6.07, 6.45) is 1.67. The molecule has 2 heterocycles. The van der Waals surface area contributed by atoms with Crippen molar-refractivity contribution in [3.8, 4) is 0 Å². The van der Waals surface area contributed by atoms with Crippen molar-refractivity contribution in [1.29, 1.82) is 0 Å². The first-order chi connectivity index (χ1) is 19.1. The Morgan fingerprint density at radius 1 is 1.05 bits per heavy atom. The van der Waals surface area contributed by atoms with Crippen LogP contribution in [0.3, 0.4) is 0 Å². The van der Waals surface area contributed by atoms with Gasteiger partial charge in [0.05, 0.1) is 29.7 Å². The Kier molecular flexibility index (Phi) is 10.4. The lowest BCUT2D eigenvalue weighted by atomic mass is 9.64. The number of aromatic nitrogens is 1. The lowest BCUT2D eigenvalue weighted by Gasteiger charge is -2.48. The second-order valence-electron chi connectivity index (χ2n) is 8.85. The van der Waals surface area contributed by atoms with Crippen LogP contribution in [0.4, 0.5) is 5.13 Å². The molecule has 0 saturated carbocycles. The highest BCUT2D eigenvalue weighted by atomic mass is 32.2. The number of rotatable bonds is 8. The van der Waals surface area contributed by atoms with Gasteiger partial charge in [0, 0.05) is 23.3 Å². The SMILES string of the molecule is CCOC(=O)C1=C(C)NC(C)C(C(=O)OCC)(c2ccccc2)C1Nc1nccs1.NS(=O)(=O)c1ccccc1. The molecule has 0 bridgehead atoms. The fourth-order valence-electron chi connectivity index (χ4n) is 4.70. The van der Waals surface area contributed by atoms with E-state index < -0.39 is 33.4 Å². The zero-order valence-corrected chi connectivity index (χ0v) is 24.4. The van der Waals surface area contributed by atoms with E-state index >= 15 is 0 Å². The van der Waals surface area contributed by atoms with Gasteiger partial charge < -0.3 is 20.1 Å². The molecule has 1 aromatic heterocycles. The topological polar surface area (TPSA) is 150 Å². The van der Waals surface area contributed by atoms with Crippen molar-refractivity contribution < 1.29 is 27.5 Å². The molecular formula is C28H34N4O6S2. The minimum absolute atomic E-state index is 0.148. The predicted octanol–water partition coefficient (Wildman–Crippen LogP) is 3.59. The van der Waals surface area contributed by atoms with Crippen LogP contribution >= 0.6 is 11.3 Å². The van der Waals surface area contributed by atoms with Crippen LogP contribution in [0.5, 0.6) is 0 Å². The van der Waals surface area contributed by atoms with E-state index in [9.17, 15) is 18.0 Å². The molecule has 4 rings (SSSR count). The molecular weight excluding hydrogens is 552 g/mol. The van der Waals surface area contributed by atoms with E-state index in [2.05, 4.69) is 15.6 Å². The van der Waals surface area contributed by atoms with Crippen LogP contribution in [0.15, 0.2) is 88.4 Å². The molecule has 0 spiro atoms. The maximum absolute atomic E-state index is 13.6. The van der Waals surface area contributed by atoms with Gasteiger partial charge >= 0.3 is 11.9 Å². The molecule has 214 valence electrons. The average Bonchev–Trinajstić information content (AvgIpc) is 3.43. The number of sulfonamides is 1. The van der Waals surface area contributed by atoms with Crippen molar-refractivity contribution in [3.05, 3.63) is 89.1 Å². The number of nitrogens with zero attached hydrogens (tertiary/aromatic N) is 1. The Morgan fingerprint density at radius 3 is 2.15 bits per heavy atom. The second kappa shape index (κ2) is 13.6. The van der Waals surface area contributed by atoms with Gasteiger partial charge in [-0.05, 0) is 45.4 Å². The lowest BCUT2D eigenvalue weighted by Crippen LogP contribution is -2.66. The predicted molar refractivity (Wildman–Crippen MR) is 154 cm³/mol. The first-order valence-electron chi connectivity index (χ1n) is 12.7. The molecule has 1 aliphatic rings. The zero-order valence-electron chi connectivity index (χ0n) is 22.8. The fourth-order valence-corrected chi connectivity index (χ4v) is 5.79. The number of allylic oxidation sites excluding steroid dienone is 1. The number of hydrogen-bond donors (Lipinski definition) is 3. The van der Waals surface area contributed by atoms with Crippen molar-refractivity contribution in [2.75, 3.05) is 18.5 Å². The highest BCUT2D eigenvalue weighted by Crippen LogP contribution is 2.42. The smallest absolute Gasteiger partial charge is 0.337 e. The van der Waals surface area contributed by atoms with Crippen molar-refractivity contribution >= 4 is 38.4 Å². The van der Waals surface area contributed by atoms with E-state index in [1.165, 1.54) is 23.5 Å². The molecule has 0 amide bonds. The van der Waals surface area contributed by atoms with Crippen LogP contribution in [0.25, 0.3) is 0 Å². The average molecular weight is 587 g/mol. The number of esters is 2. The summed E-state index contributed by atoms with van der Waals surface area (Å²) >= 11 is 1.40. The van der Waals surface area contributed by atoms with Crippen molar-refractivity contribution in [2.24, 2.45) is 5.14 Å². The molecule has 0 fully saturated rings. The lowest BCUT2D eigenvalue weighted by molar-refractivity contribution is -0.152. The number of nitrogens with one attached hydrogen (secondary N) is 2. The van der Waals surface area contributed by atoms with Gasteiger partial charge in [-0.2, -0.15) is 0 Å². The van der Waals surface area contributed by atoms with Crippen LogP contribution in [0, 0.1) is 0 Å². The monoisotopic (exact) mass is 586 g/mol. The molecule has 3 atom stereocenters. The molecule has 3 aromatic rings. The molecule has 40 heavy (non-hydrogen) atoms. The van der Waals surface area contributed by atoms with E-state index in [0.29, 0.717) is 16.4 Å². The van der Waals surface area contributed by atoms with Gasteiger partial charge in [0.2, 0.25) is 10.0 Å². The summed E-state index contributed by atoms with van der Waals surface area (Å²) in [6.45, 7) is 7.72. The van der Waals surface area contributed by atoms with Gasteiger partial charge in [-0.3, -0.25) is 4.79 Å². The Morgan fingerprint density at radius 2 is 1.65 bits per heavy atom. The number of anilines is 1. The van der Waals surface area contributed by atoms with Crippen molar-refractivity contribution in [3.63, 3.8) is 0 Å². The van der Waals surface area contributed by atoms with Crippen LogP contribution in [-0.4, -0.2) is 50.6 Å². The van der Waals surface area contributed by atoms with Gasteiger partial charge in [0.1, 0.15) is 5.41 Å². The summed E-state index contributed by atoms with van der Waals surface area (Å²) in [4.78, 5) is 31.1. The molecule has 4 N–H and O–H groups in total. The summed E-state index contributed by atoms with van der Waals surface area (Å²) in [6, 6.07) is 16.2. The van der Waals surface area contributed by atoms with E-state index in [4.69, 9.17) is 14.6 Å². The van der Waals surface area contributed by atoms with Gasteiger partial charge in [0.15, 0.2) is 5.13 Å². The van der Waals surface area contributed by atoms with Crippen LogP contribution < -0.4 is 15.8 Å². The molecule has 2 aromatic carbocycles. The largest absolute Gasteiger partial charge is 0.465 e. The van der Waals surface area contributed by atoms with Crippen LogP contribution in [0.2, 0.25) is 0 Å². The minimum atomic E-state index is -3.50. The van der Waals surface area contributed by atoms with Crippen LogP contribution in [0.1, 0.15) is 33.3 Å². The first kappa shape index (κ1) is 30.8. The number of benzene rings is 2. The Labute approximate surface area is 238 Å². The molecule has 0 saturated heterocycles. The highest BCUT2D eigenvalue weighted by Gasteiger charge is 2.58. The Hall–Kier alpha value is -3.74. The number of carbonyl (C=O) groups excluding carboxylic acids is 2. The third kappa shape index (κ3) is 6.69. The number of thiazole rings is 1. The summed E-state index contributed by atoms with van der Waals surface area (Å²) in [5.41, 5.74) is 0.546. The minimum Gasteiger partial charge on any atom is -0.465 e. The van der Waals surface area contributed by atoms with Gasteiger partial charge in [-0.1, -0.05) is 48.5 Å². The highest BCUT2D eigenvalue weighted by molar-refractivity contribution is 7.89. The summed E-state index contributed by atoms with van der Waals surface area (Å²) in [5, 5.41) is 13.9. The number of nitrogens with two attached hydrogens (primary N) is 1. The Balaban J connectivity index is 0.000000371. The second-order valence-corrected chi connectivity index (χ2v) is 11.3. The molecule has 12 heteroatoms. The van der Waals surface area contributed by atoms with E-state index in [1.54, 1.807) is 38.2 Å². The molecule has 3 unspecified atom stereocenters. The summed E-state index contributed by atoms with van der Waals surface area (Å²) in [5.74, 6) is -0.896. The summed E-state index contributed by atoms with van der Waals surface area (Å²) in [7, 11) is -3.50. The summed E-state index contributed by atoms with van der Waals surface area (Å²) < 4.78 is 32.2. The normalized spacial score (nSPS) is 20.4. The standard InChI is InChI=1S/C22H27N3O4S.C6H7NO2S/c1-5-28-19(26)17-14(3)24-15(4)22(20(27)29-6-2,16-10-8-7-9-11-16)18(17)25-21-23-12-13-30-21;7-10(8,9)6-4-2-1-3-5-6/h7-13,15,18,24H,5-6H2,1-4H3,(H,23,25);1-5H,(H2,7,8,9). The Bertz CT molecular complexity index is 1410. The van der Waals surface area contributed by atoms with Crippen LogP contribution in [-0.2, 0) is 34.5 Å². The fraction of sp³-hybridized carbons (Fsp3) is 0.321. The molecule has 0 radical (unpaired) electrons. The van der Waals surface area contributed by atoms with Crippen molar-refractivity contribution in [1.82, 2.24) is 10.3 Å². The first-order valence-corrected chi connectivity index (χ1v) is 15.1. The zero-order chi connectivity index (χ0) is 29.3. The van der Waals surface area contributed by atoms with Crippen molar-refractivity contribution in [2.45, 2.75) is 50.1 Å². The van der Waals surface area contributed by atoms with E-state index in [1.807, 2.05) is 49.6 Å².